The zero-order valence-electron chi connectivity index (χ0n) is 8.56. The minimum Gasteiger partial charge on any atom is -0.356 e. The van der Waals surface area contributed by atoms with Crippen LogP contribution in [0.3, 0.4) is 0 Å². The van der Waals surface area contributed by atoms with Crippen LogP contribution in [0.4, 0.5) is 0 Å². The smallest absolute Gasteiger partial charge is 0.356 e. The number of rotatable bonds is 0. The number of hydrogen-bond donors (Lipinski definition) is 4. The molecule has 1 aliphatic heterocycles. The molecule has 1 aliphatic rings. The lowest BCUT2D eigenvalue weighted by Gasteiger charge is -1.99. The van der Waals surface area contributed by atoms with Crippen molar-refractivity contribution in [1.82, 2.24) is 5.32 Å². The van der Waals surface area contributed by atoms with Crippen LogP contribution in [0.25, 0.3) is 0 Å². The van der Waals surface area contributed by atoms with Crippen molar-refractivity contribution in [1.29, 1.82) is 0 Å². The molecular weight excluding hydrogens is 221 g/mol. The molecule has 0 saturated carbocycles. The van der Waals surface area contributed by atoms with Crippen molar-refractivity contribution in [2.24, 2.45) is 0 Å². The third-order valence-corrected chi connectivity index (χ3v) is 1.90. The highest BCUT2D eigenvalue weighted by atomic mass is 31.2. The van der Waals surface area contributed by atoms with Gasteiger partial charge in [0.15, 0.2) is 0 Å². The summed E-state index contributed by atoms with van der Waals surface area (Å²) in [5.74, 6) is 0.238. The maximum atomic E-state index is 10.9. The van der Waals surface area contributed by atoms with Crippen LogP contribution in [0.1, 0.15) is 38.5 Å². The van der Waals surface area contributed by atoms with Crippen molar-refractivity contribution in [2.45, 2.75) is 38.5 Å². The third kappa shape index (κ3) is 16.3. The van der Waals surface area contributed by atoms with Crippen LogP contribution in [0, 0.1) is 0 Å². The van der Waals surface area contributed by atoms with E-state index in [1.54, 1.807) is 0 Å². The molecule has 0 aromatic rings. The number of phosphoric acid groups is 1. The average molecular weight is 239 g/mol. The fourth-order valence-electron chi connectivity index (χ4n) is 1.26. The lowest BCUT2D eigenvalue weighted by atomic mass is 10.1. The molecule has 0 aliphatic carbocycles. The molecule has 1 heterocycles. The van der Waals surface area contributed by atoms with Gasteiger partial charge in [-0.2, -0.15) is 0 Å². The van der Waals surface area contributed by atoms with Crippen LogP contribution in [0.2, 0.25) is 0 Å². The Morgan fingerprint density at radius 3 is 2.07 bits per heavy atom. The number of carbonyl (C=O) groups excluding carboxylic acids is 1. The van der Waals surface area contributed by atoms with Crippen molar-refractivity contribution >= 4 is 13.7 Å². The van der Waals surface area contributed by atoms with Gasteiger partial charge in [0.2, 0.25) is 5.91 Å². The maximum absolute atomic E-state index is 10.9. The zero-order valence-corrected chi connectivity index (χ0v) is 9.45. The number of carbonyl (C=O) groups is 1. The summed E-state index contributed by atoms with van der Waals surface area (Å²) < 4.78 is 8.88. The number of nitrogens with one attached hydrogen (secondary N) is 1. The SMILES string of the molecule is O=C1CCCCCCCN1.O=P(O)(O)O. The number of hydrogen-bond acceptors (Lipinski definition) is 2. The summed E-state index contributed by atoms with van der Waals surface area (Å²) in [7, 11) is -4.64. The van der Waals surface area contributed by atoms with E-state index in [2.05, 4.69) is 5.32 Å². The molecule has 7 heteroatoms. The molecule has 1 saturated heterocycles. The lowest BCUT2D eigenvalue weighted by molar-refractivity contribution is -0.121. The third-order valence-electron chi connectivity index (χ3n) is 1.90. The molecule has 15 heavy (non-hydrogen) atoms. The van der Waals surface area contributed by atoms with Crippen molar-refractivity contribution in [3.63, 3.8) is 0 Å². The van der Waals surface area contributed by atoms with Crippen molar-refractivity contribution < 1.29 is 24.0 Å². The van der Waals surface area contributed by atoms with Gasteiger partial charge in [-0.05, 0) is 12.8 Å². The molecule has 1 amide bonds. The normalized spacial score (nSPS) is 18.7. The number of amides is 1. The van der Waals surface area contributed by atoms with E-state index in [1.165, 1.54) is 19.3 Å². The van der Waals surface area contributed by atoms with Crippen molar-refractivity contribution in [2.75, 3.05) is 6.54 Å². The molecule has 0 aromatic heterocycles. The van der Waals surface area contributed by atoms with Gasteiger partial charge < -0.3 is 20.0 Å². The molecule has 0 radical (unpaired) electrons. The van der Waals surface area contributed by atoms with Crippen LogP contribution in [0.5, 0.6) is 0 Å². The van der Waals surface area contributed by atoms with Crippen LogP contribution >= 0.6 is 7.82 Å². The Hall–Kier alpha value is -0.420. The summed E-state index contributed by atoms with van der Waals surface area (Å²) in [4.78, 5) is 32.4. The first-order valence-corrected chi connectivity index (χ1v) is 6.51. The predicted octanol–water partition coefficient (Wildman–Crippen LogP) is 0.528. The Kier molecular flexibility index (Phi) is 7.60. The Morgan fingerprint density at radius 2 is 1.47 bits per heavy atom. The summed E-state index contributed by atoms with van der Waals surface area (Å²) in [6, 6.07) is 0. The molecule has 0 bridgehead atoms. The van der Waals surface area contributed by atoms with Crippen molar-refractivity contribution in [3.05, 3.63) is 0 Å². The Morgan fingerprint density at radius 1 is 1.00 bits per heavy atom. The second kappa shape index (κ2) is 7.82. The predicted molar refractivity (Wildman–Crippen MR) is 55.0 cm³/mol. The van der Waals surface area contributed by atoms with E-state index in [9.17, 15) is 4.79 Å². The van der Waals surface area contributed by atoms with Crippen LogP contribution in [-0.4, -0.2) is 27.1 Å². The molecule has 0 aromatic carbocycles. The molecule has 1 rings (SSSR count). The summed E-state index contributed by atoms with van der Waals surface area (Å²) in [6.45, 7) is 0.888. The second-order valence-corrected chi connectivity index (χ2v) is 4.41. The van der Waals surface area contributed by atoms with Gasteiger partial charge >= 0.3 is 7.82 Å². The first-order valence-electron chi connectivity index (χ1n) is 4.94. The highest BCUT2D eigenvalue weighted by Gasteiger charge is 2.02. The fraction of sp³-hybridized carbons (Fsp3) is 0.875. The molecule has 0 unspecified atom stereocenters. The molecule has 0 spiro atoms. The second-order valence-electron chi connectivity index (χ2n) is 3.38. The lowest BCUT2D eigenvalue weighted by Crippen LogP contribution is -2.23. The minimum absolute atomic E-state index is 0.238. The van der Waals surface area contributed by atoms with Gasteiger partial charge in [0.25, 0.3) is 0 Å². The maximum Gasteiger partial charge on any atom is 0.466 e. The summed E-state index contributed by atoms with van der Waals surface area (Å²) in [5, 5.41) is 2.89. The van der Waals surface area contributed by atoms with Gasteiger partial charge in [-0.1, -0.05) is 19.3 Å². The van der Waals surface area contributed by atoms with E-state index < -0.39 is 7.82 Å². The first-order chi connectivity index (χ1) is 6.89. The van der Waals surface area contributed by atoms with Gasteiger partial charge in [-0.25, -0.2) is 4.57 Å². The highest BCUT2D eigenvalue weighted by Crippen LogP contribution is 2.25. The molecule has 0 atom stereocenters. The van der Waals surface area contributed by atoms with E-state index in [0.29, 0.717) is 0 Å². The van der Waals surface area contributed by atoms with Gasteiger partial charge in [-0.3, -0.25) is 4.79 Å². The Labute approximate surface area is 88.9 Å². The molecule has 4 N–H and O–H groups in total. The molecule has 6 nitrogen and oxygen atoms in total. The molecule has 90 valence electrons. The topological polar surface area (TPSA) is 107 Å². The van der Waals surface area contributed by atoms with E-state index in [4.69, 9.17) is 19.2 Å². The Bertz CT molecular complexity index is 207. The minimum atomic E-state index is -4.64. The van der Waals surface area contributed by atoms with Crippen LogP contribution in [-0.2, 0) is 9.36 Å². The summed E-state index contributed by atoms with van der Waals surface area (Å²) >= 11 is 0. The summed E-state index contributed by atoms with van der Waals surface area (Å²) in [6.07, 6.45) is 6.78. The molecule has 1 fully saturated rings. The van der Waals surface area contributed by atoms with Crippen LogP contribution in [0.15, 0.2) is 0 Å². The van der Waals surface area contributed by atoms with Gasteiger partial charge in [0, 0.05) is 13.0 Å². The van der Waals surface area contributed by atoms with E-state index in [0.717, 1.165) is 25.8 Å². The molecular formula is C8H18NO5P. The van der Waals surface area contributed by atoms with Gasteiger partial charge in [0.05, 0.1) is 0 Å². The largest absolute Gasteiger partial charge is 0.466 e. The van der Waals surface area contributed by atoms with E-state index >= 15 is 0 Å². The Balaban J connectivity index is 0.000000336. The monoisotopic (exact) mass is 239 g/mol. The highest BCUT2D eigenvalue weighted by molar-refractivity contribution is 7.45. The van der Waals surface area contributed by atoms with Gasteiger partial charge in [0.1, 0.15) is 0 Å². The quantitative estimate of drug-likeness (QED) is 0.461. The van der Waals surface area contributed by atoms with E-state index in [1.807, 2.05) is 0 Å². The van der Waals surface area contributed by atoms with Crippen molar-refractivity contribution in [3.8, 4) is 0 Å². The van der Waals surface area contributed by atoms with Gasteiger partial charge in [-0.15, -0.1) is 0 Å². The fourth-order valence-corrected chi connectivity index (χ4v) is 1.26. The van der Waals surface area contributed by atoms with Crippen LogP contribution < -0.4 is 5.32 Å². The average Bonchev–Trinajstić information content (AvgIpc) is 2.15. The first kappa shape index (κ1) is 14.6. The summed E-state index contributed by atoms with van der Waals surface area (Å²) in [5.41, 5.74) is 0. The zero-order chi connectivity index (χ0) is 11.7. The van der Waals surface area contributed by atoms with E-state index in [-0.39, 0.29) is 5.91 Å². The standard InChI is InChI=1S/C8H15NO.H3O4P/c10-8-6-4-2-1-3-5-7-9-8;1-5(2,3)4/h1-7H2,(H,9,10);(H3,1,2,3,4).